The minimum Gasteiger partial charge on any atom is -0.309 e. The van der Waals surface area contributed by atoms with Gasteiger partial charge in [0.1, 0.15) is 0 Å². The minimum absolute atomic E-state index is 0.358. The largest absolute Gasteiger partial charge is 0.309 e. The second-order valence-corrected chi connectivity index (χ2v) is 4.61. The summed E-state index contributed by atoms with van der Waals surface area (Å²) in [6.45, 7) is 10.2. The van der Waals surface area contributed by atoms with E-state index < -0.39 is 0 Å². The van der Waals surface area contributed by atoms with E-state index in [4.69, 9.17) is 0 Å². The van der Waals surface area contributed by atoms with Crippen LogP contribution in [-0.2, 0) is 0 Å². The molecule has 1 N–H and O–H groups in total. The Hall–Kier alpha value is -0.300. The fourth-order valence-electron chi connectivity index (χ4n) is 1.34. The lowest BCUT2D eigenvalue weighted by Crippen LogP contribution is -2.43. The molecule has 0 spiro atoms. The third-order valence-corrected chi connectivity index (χ3v) is 2.22. The predicted molar refractivity (Wildman–Crippen MR) is 49.5 cm³/mol. The SMILES string of the molecule is CC1C=CC(C(C)(C)C)NC1. The van der Waals surface area contributed by atoms with Gasteiger partial charge < -0.3 is 5.32 Å². The third kappa shape index (κ3) is 2.33. The molecular formula is C10H19N. The molecule has 0 aromatic heterocycles. The molecule has 0 saturated carbocycles. The Morgan fingerprint density at radius 1 is 1.27 bits per heavy atom. The van der Waals surface area contributed by atoms with E-state index in [1.807, 2.05) is 0 Å². The van der Waals surface area contributed by atoms with Gasteiger partial charge in [0.25, 0.3) is 0 Å². The Labute approximate surface area is 69.9 Å². The van der Waals surface area contributed by atoms with Crippen molar-refractivity contribution in [1.29, 1.82) is 0 Å². The van der Waals surface area contributed by atoms with Crippen LogP contribution in [0.2, 0.25) is 0 Å². The Morgan fingerprint density at radius 3 is 2.27 bits per heavy atom. The average Bonchev–Trinajstić information content (AvgIpc) is 1.86. The summed E-state index contributed by atoms with van der Waals surface area (Å²) in [5.41, 5.74) is 0.358. The first-order valence-electron chi connectivity index (χ1n) is 4.42. The first-order valence-corrected chi connectivity index (χ1v) is 4.42. The van der Waals surface area contributed by atoms with Crippen molar-refractivity contribution in [2.75, 3.05) is 6.54 Å². The maximum absolute atomic E-state index is 3.52. The van der Waals surface area contributed by atoms with E-state index in [2.05, 4.69) is 45.2 Å². The first kappa shape index (κ1) is 8.79. The lowest BCUT2D eigenvalue weighted by atomic mass is 9.84. The summed E-state index contributed by atoms with van der Waals surface area (Å²) in [5, 5.41) is 3.52. The molecule has 2 atom stereocenters. The Balaban J connectivity index is 2.57. The maximum atomic E-state index is 3.52. The number of hydrogen-bond donors (Lipinski definition) is 1. The molecule has 0 bridgehead atoms. The van der Waals surface area contributed by atoms with Gasteiger partial charge in [-0.25, -0.2) is 0 Å². The van der Waals surface area contributed by atoms with Gasteiger partial charge >= 0.3 is 0 Å². The molecule has 0 saturated heterocycles. The molecule has 1 rings (SSSR count). The van der Waals surface area contributed by atoms with E-state index >= 15 is 0 Å². The van der Waals surface area contributed by atoms with Crippen molar-refractivity contribution in [3.8, 4) is 0 Å². The zero-order valence-corrected chi connectivity index (χ0v) is 8.02. The van der Waals surface area contributed by atoms with Gasteiger partial charge in [0.05, 0.1) is 0 Å². The van der Waals surface area contributed by atoms with Crippen LogP contribution in [0.5, 0.6) is 0 Å². The van der Waals surface area contributed by atoms with Crippen molar-refractivity contribution >= 4 is 0 Å². The van der Waals surface area contributed by atoms with Gasteiger partial charge in [-0.3, -0.25) is 0 Å². The quantitative estimate of drug-likeness (QED) is 0.526. The van der Waals surface area contributed by atoms with Crippen LogP contribution in [0.15, 0.2) is 12.2 Å². The molecule has 64 valence electrons. The monoisotopic (exact) mass is 153 g/mol. The Bertz CT molecular complexity index is 153. The van der Waals surface area contributed by atoms with E-state index in [1.165, 1.54) is 0 Å². The molecule has 0 radical (unpaired) electrons. The molecule has 0 fully saturated rings. The van der Waals surface area contributed by atoms with Crippen molar-refractivity contribution in [2.24, 2.45) is 11.3 Å². The van der Waals surface area contributed by atoms with Gasteiger partial charge in [-0.15, -0.1) is 0 Å². The Morgan fingerprint density at radius 2 is 1.91 bits per heavy atom. The lowest BCUT2D eigenvalue weighted by Gasteiger charge is -2.32. The van der Waals surface area contributed by atoms with Crippen LogP contribution in [0.1, 0.15) is 27.7 Å². The van der Waals surface area contributed by atoms with Crippen molar-refractivity contribution in [3.63, 3.8) is 0 Å². The summed E-state index contributed by atoms with van der Waals surface area (Å²) in [6, 6.07) is 0.554. The molecule has 1 heterocycles. The molecule has 11 heavy (non-hydrogen) atoms. The molecule has 0 amide bonds. The summed E-state index contributed by atoms with van der Waals surface area (Å²) in [4.78, 5) is 0. The van der Waals surface area contributed by atoms with E-state index in [1.54, 1.807) is 0 Å². The summed E-state index contributed by atoms with van der Waals surface area (Å²) < 4.78 is 0. The summed E-state index contributed by atoms with van der Waals surface area (Å²) in [7, 11) is 0. The summed E-state index contributed by atoms with van der Waals surface area (Å²) in [5.74, 6) is 0.702. The van der Waals surface area contributed by atoms with E-state index in [9.17, 15) is 0 Å². The second-order valence-electron chi connectivity index (χ2n) is 4.61. The van der Waals surface area contributed by atoms with Crippen molar-refractivity contribution in [2.45, 2.75) is 33.7 Å². The van der Waals surface area contributed by atoms with Crippen LogP contribution in [0.25, 0.3) is 0 Å². The fraction of sp³-hybridized carbons (Fsp3) is 0.800. The van der Waals surface area contributed by atoms with Crippen molar-refractivity contribution < 1.29 is 0 Å². The standard InChI is InChI=1S/C10H19N/c1-8-5-6-9(11-7-8)10(2,3)4/h5-6,8-9,11H,7H2,1-4H3. The molecule has 0 aromatic carbocycles. The molecule has 0 aliphatic carbocycles. The van der Waals surface area contributed by atoms with Gasteiger partial charge in [0.2, 0.25) is 0 Å². The summed E-state index contributed by atoms with van der Waals surface area (Å²) >= 11 is 0. The van der Waals surface area contributed by atoms with E-state index in [-0.39, 0.29) is 0 Å². The summed E-state index contributed by atoms with van der Waals surface area (Å²) in [6.07, 6.45) is 4.61. The fourth-order valence-corrected chi connectivity index (χ4v) is 1.34. The highest BCUT2D eigenvalue weighted by Crippen LogP contribution is 2.22. The van der Waals surface area contributed by atoms with Crippen LogP contribution < -0.4 is 5.32 Å². The minimum atomic E-state index is 0.358. The smallest absolute Gasteiger partial charge is 0.0299 e. The predicted octanol–water partition coefficient (Wildman–Crippen LogP) is 2.20. The van der Waals surface area contributed by atoms with Gasteiger partial charge in [-0.2, -0.15) is 0 Å². The molecule has 1 aliphatic heterocycles. The number of hydrogen-bond acceptors (Lipinski definition) is 1. The zero-order valence-electron chi connectivity index (χ0n) is 8.02. The van der Waals surface area contributed by atoms with Gasteiger partial charge in [0.15, 0.2) is 0 Å². The van der Waals surface area contributed by atoms with Crippen molar-refractivity contribution in [1.82, 2.24) is 5.32 Å². The normalized spacial score (nSPS) is 32.4. The lowest BCUT2D eigenvalue weighted by molar-refractivity contribution is 0.297. The second kappa shape index (κ2) is 2.98. The molecular weight excluding hydrogens is 134 g/mol. The molecule has 1 nitrogen and oxygen atoms in total. The van der Waals surface area contributed by atoms with E-state index in [0.717, 1.165) is 6.54 Å². The van der Waals surface area contributed by atoms with Crippen LogP contribution in [0, 0.1) is 11.3 Å². The van der Waals surface area contributed by atoms with Crippen molar-refractivity contribution in [3.05, 3.63) is 12.2 Å². The van der Waals surface area contributed by atoms with Gasteiger partial charge in [-0.05, 0) is 11.3 Å². The van der Waals surface area contributed by atoms with Gasteiger partial charge in [-0.1, -0.05) is 39.8 Å². The molecule has 0 aromatic rings. The Kier molecular flexibility index (Phi) is 2.38. The highest BCUT2D eigenvalue weighted by molar-refractivity contribution is 5.05. The van der Waals surface area contributed by atoms with Crippen LogP contribution >= 0.6 is 0 Å². The topological polar surface area (TPSA) is 12.0 Å². The third-order valence-electron chi connectivity index (χ3n) is 2.22. The highest BCUT2D eigenvalue weighted by Gasteiger charge is 2.23. The maximum Gasteiger partial charge on any atom is 0.0299 e. The van der Waals surface area contributed by atoms with Crippen LogP contribution in [0.4, 0.5) is 0 Å². The van der Waals surface area contributed by atoms with Crippen LogP contribution in [0.3, 0.4) is 0 Å². The number of rotatable bonds is 0. The molecule has 1 aliphatic rings. The van der Waals surface area contributed by atoms with E-state index in [0.29, 0.717) is 17.4 Å². The molecule has 1 heteroatoms. The first-order chi connectivity index (χ1) is 5.00. The molecule has 2 unspecified atom stereocenters. The zero-order chi connectivity index (χ0) is 8.48. The number of nitrogens with one attached hydrogen (secondary N) is 1. The van der Waals surface area contributed by atoms with Crippen LogP contribution in [-0.4, -0.2) is 12.6 Å². The average molecular weight is 153 g/mol. The highest BCUT2D eigenvalue weighted by atomic mass is 14.9. The van der Waals surface area contributed by atoms with Gasteiger partial charge in [0, 0.05) is 12.6 Å².